The van der Waals surface area contributed by atoms with Gasteiger partial charge in [0.05, 0.1) is 25.4 Å². The van der Waals surface area contributed by atoms with Gasteiger partial charge in [-0.3, -0.25) is 9.59 Å². The number of unbranched alkanes of at least 4 members (excludes halogenated alkanes) is 33. The van der Waals surface area contributed by atoms with Crippen molar-refractivity contribution in [2.45, 2.75) is 283 Å². The summed E-state index contributed by atoms with van der Waals surface area (Å²) < 4.78 is 5.47. The molecule has 0 spiro atoms. The summed E-state index contributed by atoms with van der Waals surface area (Å²) in [4.78, 5) is 24.5. The van der Waals surface area contributed by atoms with E-state index in [2.05, 4.69) is 43.5 Å². The van der Waals surface area contributed by atoms with Crippen molar-refractivity contribution < 1.29 is 24.5 Å². The Morgan fingerprint density at radius 1 is 0.467 bits per heavy atom. The Hall–Kier alpha value is -1.92. The lowest BCUT2D eigenvalue weighted by Gasteiger charge is -2.20. The zero-order valence-electron chi connectivity index (χ0n) is 39.9. The first-order valence-electron chi connectivity index (χ1n) is 26.3. The van der Waals surface area contributed by atoms with Crippen LogP contribution in [0.25, 0.3) is 0 Å². The third-order valence-corrected chi connectivity index (χ3v) is 11.9. The zero-order valence-corrected chi connectivity index (χ0v) is 39.9. The highest BCUT2D eigenvalue weighted by Gasteiger charge is 2.18. The van der Waals surface area contributed by atoms with Gasteiger partial charge < -0.3 is 20.3 Å². The SMILES string of the molecule is CCCCC/C=C\C/C=C\CCCCCCCCCCCC(=O)OCCCCCCCCCCCCCC(=O)NC(CO)C(O)/C=C/CCCCCCCCCCCCC. The van der Waals surface area contributed by atoms with Gasteiger partial charge in [0, 0.05) is 12.8 Å². The highest BCUT2D eigenvalue weighted by molar-refractivity contribution is 5.76. The van der Waals surface area contributed by atoms with Crippen LogP contribution in [0.1, 0.15) is 271 Å². The number of aliphatic hydroxyl groups excluding tert-OH is 2. The van der Waals surface area contributed by atoms with Crippen LogP contribution in [-0.4, -0.2) is 47.4 Å². The summed E-state index contributed by atoms with van der Waals surface area (Å²) in [5, 5.41) is 23.0. The van der Waals surface area contributed by atoms with Gasteiger partial charge in [-0.25, -0.2) is 0 Å². The molecule has 0 aromatic rings. The average molecular weight is 844 g/mol. The topological polar surface area (TPSA) is 95.9 Å². The summed E-state index contributed by atoms with van der Waals surface area (Å²) in [7, 11) is 0. The molecule has 0 heterocycles. The molecule has 0 saturated heterocycles. The van der Waals surface area contributed by atoms with E-state index in [0.717, 1.165) is 64.2 Å². The van der Waals surface area contributed by atoms with E-state index in [-0.39, 0.29) is 18.5 Å². The molecule has 0 aromatic heterocycles. The molecule has 2 atom stereocenters. The summed E-state index contributed by atoms with van der Waals surface area (Å²) in [5.41, 5.74) is 0. The van der Waals surface area contributed by atoms with Crippen molar-refractivity contribution in [1.29, 1.82) is 0 Å². The number of hydrogen-bond acceptors (Lipinski definition) is 5. The minimum atomic E-state index is -0.856. The minimum absolute atomic E-state index is 0.0198. The van der Waals surface area contributed by atoms with E-state index < -0.39 is 12.1 Å². The monoisotopic (exact) mass is 844 g/mol. The molecule has 352 valence electrons. The van der Waals surface area contributed by atoms with Crippen molar-refractivity contribution in [3.63, 3.8) is 0 Å². The molecule has 3 N–H and O–H groups in total. The molecule has 0 radical (unpaired) electrons. The Morgan fingerprint density at radius 3 is 1.30 bits per heavy atom. The molecule has 0 aliphatic heterocycles. The van der Waals surface area contributed by atoms with E-state index in [9.17, 15) is 19.8 Å². The molecule has 1 amide bonds. The normalized spacial score (nSPS) is 12.9. The van der Waals surface area contributed by atoms with E-state index in [4.69, 9.17) is 4.74 Å². The first kappa shape index (κ1) is 58.1. The number of ether oxygens (including phenoxy) is 1. The quantitative estimate of drug-likeness (QED) is 0.0322. The zero-order chi connectivity index (χ0) is 43.7. The Morgan fingerprint density at radius 2 is 0.833 bits per heavy atom. The maximum absolute atomic E-state index is 12.4. The van der Waals surface area contributed by atoms with Crippen molar-refractivity contribution >= 4 is 11.9 Å². The second-order valence-corrected chi connectivity index (χ2v) is 17.9. The fourth-order valence-electron chi connectivity index (χ4n) is 7.84. The summed E-state index contributed by atoms with van der Waals surface area (Å²) in [6.45, 7) is 4.83. The average Bonchev–Trinajstić information content (AvgIpc) is 3.25. The fourth-order valence-corrected chi connectivity index (χ4v) is 7.84. The van der Waals surface area contributed by atoms with Crippen LogP contribution in [0.2, 0.25) is 0 Å². The molecule has 0 fully saturated rings. The molecule has 0 aromatic carbocycles. The maximum Gasteiger partial charge on any atom is 0.305 e. The number of hydrogen-bond donors (Lipinski definition) is 3. The maximum atomic E-state index is 12.4. The first-order chi connectivity index (χ1) is 29.5. The molecule has 0 bridgehead atoms. The van der Waals surface area contributed by atoms with Gasteiger partial charge in [0.25, 0.3) is 0 Å². The smallest absolute Gasteiger partial charge is 0.305 e. The predicted molar refractivity (Wildman–Crippen MR) is 259 cm³/mol. The van der Waals surface area contributed by atoms with E-state index >= 15 is 0 Å². The van der Waals surface area contributed by atoms with Gasteiger partial charge in [-0.2, -0.15) is 0 Å². The summed E-state index contributed by atoms with van der Waals surface area (Å²) in [6, 6.07) is -0.642. The van der Waals surface area contributed by atoms with Gasteiger partial charge in [0.15, 0.2) is 0 Å². The van der Waals surface area contributed by atoms with Crippen LogP contribution in [0.15, 0.2) is 36.5 Å². The Labute approximate surface area is 373 Å². The number of carbonyl (C=O) groups is 2. The lowest BCUT2D eigenvalue weighted by Crippen LogP contribution is -2.45. The van der Waals surface area contributed by atoms with Gasteiger partial charge in [0.1, 0.15) is 0 Å². The van der Waals surface area contributed by atoms with Crippen LogP contribution < -0.4 is 5.32 Å². The van der Waals surface area contributed by atoms with E-state index in [0.29, 0.717) is 19.4 Å². The summed E-state index contributed by atoms with van der Waals surface area (Å²) >= 11 is 0. The van der Waals surface area contributed by atoms with Gasteiger partial charge >= 0.3 is 5.97 Å². The number of rotatable bonds is 48. The van der Waals surface area contributed by atoms with Crippen molar-refractivity contribution in [3.8, 4) is 0 Å². The highest BCUT2D eigenvalue weighted by atomic mass is 16.5. The number of carbonyl (C=O) groups excluding carboxylic acids is 2. The van der Waals surface area contributed by atoms with Crippen molar-refractivity contribution in [2.24, 2.45) is 0 Å². The molecule has 2 unspecified atom stereocenters. The number of aliphatic hydroxyl groups is 2. The van der Waals surface area contributed by atoms with Crippen molar-refractivity contribution in [2.75, 3.05) is 13.2 Å². The highest BCUT2D eigenvalue weighted by Crippen LogP contribution is 2.15. The van der Waals surface area contributed by atoms with Crippen LogP contribution in [0, 0.1) is 0 Å². The van der Waals surface area contributed by atoms with Crippen LogP contribution in [-0.2, 0) is 14.3 Å². The molecule has 0 aliphatic rings. The van der Waals surface area contributed by atoms with Crippen LogP contribution in [0.5, 0.6) is 0 Å². The molecule has 6 nitrogen and oxygen atoms in total. The number of allylic oxidation sites excluding steroid dienone is 5. The number of esters is 1. The van der Waals surface area contributed by atoms with Crippen molar-refractivity contribution in [3.05, 3.63) is 36.5 Å². The molecular weight excluding hydrogens is 743 g/mol. The van der Waals surface area contributed by atoms with E-state index in [1.54, 1.807) is 6.08 Å². The van der Waals surface area contributed by atoms with Crippen molar-refractivity contribution in [1.82, 2.24) is 5.32 Å². The molecule has 0 rings (SSSR count). The van der Waals surface area contributed by atoms with Gasteiger partial charge in [-0.05, 0) is 64.2 Å². The largest absolute Gasteiger partial charge is 0.466 e. The van der Waals surface area contributed by atoms with Crippen LogP contribution >= 0.6 is 0 Å². The molecule has 0 saturated carbocycles. The van der Waals surface area contributed by atoms with E-state index in [1.165, 1.54) is 180 Å². The first-order valence-corrected chi connectivity index (χ1v) is 26.3. The third kappa shape index (κ3) is 45.6. The fraction of sp³-hybridized carbons (Fsp3) is 0.852. The second kappa shape index (κ2) is 49.7. The Kier molecular flexibility index (Phi) is 48.1. The summed E-state index contributed by atoms with van der Waals surface area (Å²) in [5.74, 6) is -0.108. The lowest BCUT2D eigenvalue weighted by atomic mass is 10.0. The number of amides is 1. The number of nitrogens with one attached hydrogen (secondary N) is 1. The van der Waals surface area contributed by atoms with Crippen LogP contribution in [0.3, 0.4) is 0 Å². The molecular formula is C54H101NO5. The molecule has 6 heteroatoms. The lowest BCUT2D eigenvalue weighted by molar-refractivity contribution is -0.143. The van der Waals surface area contributed by atoms with E-state index in [1.807, 2.05) is 6.08 Å². The van der Waals surface area contributed by atoms with Crippen LogP contribution in [0.4, 0.5) is 0 Å². The standard InChI is InChI=1S/C54H101NO5/c1-3-5-7-9-11-13-15-17-18-19-20-21-22-24-28-32-36-40-44-48-54(59)60-49-45-41-37-33-29-25-27-31-35-39-43-47-53(58)55-51(50-56)52(57)46-42-38-34-30-26-23-16-14-12-10-8-6-4-2/h11,13,17-18,42,46,51-52,56-57H,3-10,12,14-16,19-41,43-45,47-50H2,1-2H3,(H,55,58)/b13-11-,18-17-,46-42+. The van der Waals surface area contributed by atoms with Gasteiger partial charge in [-0.1, -0.05) is 230 Å². The predicted octanol–water partition coefficient (Wildman–Crippen LogP) is 15.7. The Bertz CT molecular complexity index is 977. The summed E-state index contributed by atoms with van der Waals surface area (Å²) in [6.07, 6.45) is 60.0. The van der Waals surface area contributed by atoms with Gasteiger partial charge in [0.2, 0.25) is 5.91 Å². The second-order valence-electron chi connectivity index (χ2n) is 17.9. The minimum Gasteiger partial charge on any atom is -0.466 e. The Balaban J connectivity index is 3.48. The molecule has 0 aliphatic carbocycles. The van der Waals surface area contributed by atoms with Gasteiger partial charge in [-0.15, -0.1) is 0 Å². The molecule has 60 heavy (non-hydrogen) atoms. The third-order valence-electron chi connectivity index (χ3n) is 11.9.